The van der Waals surface area contributed by atoms with Crippen LogP contribution in [0.1, 0.15) is 92.4 Å². The van der Waals surface area contributed by atoms with Crippen molar-refractivity contribution in [3.63, 3.8) is 0 Å². The van der Waals surface area contributed by atoms with Crippen LogP contribution in [0.2, 0.25) is 0 Å². The minimum atomic E-state index is 0.246. The first-order valence-electron chi connectivity index (χ1n) is 12.2. The summed E-state index contributed by atoms with van der Waals surface area (Å²) in [7, 11) is 0. The molecule has 4 aliphatic rings. The smallest absolute Gasteiger partial charge is 0.156 e. The Bertz CT molecular complexity index is 670. The molecule has 0 aromatic heterocycles. The summed E-state index contributed by atoms with van der Waals surface area (Å²) in [6.45, 7) is 12.4. The van der Waals surface area contributed by atoms with E-state index in [-0.39, 0.29) is 5.41 Å². The predicted molar refractivity (Wildman–Crippen MR) is 118 cm³/mol. The van der Waals surface area contributed by atoms with Crippen LogP contribution in [-0.4, -0.2) is 5.78 Å². The molecular weight excluding hydrogens is 340 g/mol. The van der Waals surface area contributed by atoms with Crippen molar-refractivity contribution in [2.45, 2.75) is 92.4 Å². The van der Waals surface area contributed by atoms with Crippen molar-refractivity contribution in [3.05, 3.63) is 23.8 Å². The van der Waals surface area contributed by atoms with Gasteiger partial charge >= 0.3 is 0 Å². The first-order chi connectivity index (χ1) is 13.3. The molecule has 0 radical (unpaired) electrons. The summed E-state index contributed by atoms with van der Waals surface area (Å²) in [5.74, 6) is 5.32. The Morgan fingerprint density at radius 2 is 1.82 bits per heavy atom. The van der Waals surface area contributed by atoms with E-state index in [0.29, 0.717) is 11.2 Å². The van der Waals surface area contributed by atoms with Gasteiger partial charge in [0, 0.05) is 6.42 Å². The van der Waals surface area contributed by atoms with Gasteiger partial charge in [0.1, 0.15) is 0 Å². The van der Waals surface area contributed by atoms with Crippen molar-refractivity contribution in [1.29, 1.82) is 0 Å². The molecular formula is C27H42O. The van der Waals surface area contributed by atoms with E-state index in [1.165, 1.54) is 50.5 Å². The lowest BCUT2D eigenvalue weighted by Gasteiger charge is -2.56. The summed E-state index contributed by atoms with van der Waals surface area (Å²) in [6.07, 6.45) is 18.5. The fourth-order valence-electron chi connectivity index (χ4n) is 8.02. The van der Waals surface area contributed by atoms with Crippen molar-refractivity contribution >= 4 is 5.78 Å². The lowest BCUT2D eigenvalue weighted by atomic mass is 9.48. The van der Waals surface area contributed by atoms with Gasteiger partial charge in [0.15, 0.2) is 5.78 Å². The molecule has 1 heteroatoms. The second-order valence-electron chi connectivity index (χ2n) is 11.7. The molecule has 4 aliphatic carbocycles. The number of rotatable bonds is 5. The van der Waals surface area contributed by atoms with Gasteiger partial charge < -0.3 is 0 Å². The Balaban J connectivity index is 1.53. The Morgan fingerprint density at radius 1 is 1.04 bits per heavy atom. The molecule has 0 aromatic carbocycles. The minimum Gasteiger partial charge on any atom is -0.295 e. The highest BCUT2D eigenvalue weighted by atomic mass is 16.1. The standard InChI is InChI=1S/C27H42O/c1-18(2)7-6-8-19(3)23-11-12-24-22-10-9-20-17-21(28)13-15-26(20,4)25(22)14-16-27(23,24)5/h9-10,17-19,22-25H,6-8,11-16H2,1-5H3/t19-,22+,23-,24+,25+,26+,27-/m1/s1. The summed E-state index contributed by atoms with van der Waals surface area (Å²) in [6, 6.07) is 0. The van der Waals surface area contributed by atoms with Gasteiger partial charge in [0.2, 0.25) is 0 Å². The van der Waals surface area contributed by atoms with Crippen LogP contribution in [0.25, 0.3) is 0 Å². The molecule has 0 bridgehead atoms. The van der Waals surface area contributed by atoms with Crippen LogP contribution in [0.4, 0.5) is 0 Å². The van der Waals surface area contributed by atoms with E-state index in [2.05, 4.69) is 46.8 Å². The van der Waals surface area contributed by atoms with Gasteiger partial charge in [-0.15, -0.1) is 0 Å². The summed E-state index contributed by atoms with van der Waals surface area (Å²) < 4.78 is 0. The van der Waals surface area contributed by atoms with Crippen molar-refractivity contribution in [2.24, 2.45) is 46.3 Å². The molecule has 7 atom stereocenters. The van der Waals surface area contributed by atoms with E-state index in [0.717, 1.165) is 48.3 Å². The number of fused-ring (bicyclic) bond motifs is 5. The Kier molecular flexibility index (Phi) is 5.43. The average Bonchev–Trinajstić information content (AvgIpc) is 2.99. The summed E-state index contributed by atoms with van der Waals surface area (Å²) in [4.78, 5) is 12.0. The molecule has 0 heterocycles. The zero-order chi connectivity index (χ0) is 20.1. The maximum Gasteiger partial charge on any atom is 0.156 e. The third-order valence-corrected chi connectivity index (χ3v) is 9.72. The van der Waals surface area contributed by atoms with Crippen LogP contribution >= 0.6 is 0 Å². The van der Waals surface area contributed by atoms with Gasteiger partial charge in [-0.1, -0.05) is 66.0 Å². The lowest BCUT2D eigenvalue weighted by molar-refractivity contribution is -0.116. The molecule has 0 N–H and O–H groups in total. The average molecular weight is 383 g/mol. The Morgan fingerprint density at radius 3 is 2.57 bits per heavy atom. The number of carbonyl (C=O) groups is 1. The molecule has 0 unspecified atom stereocenters. The lowest BCUT2D eigenvalue weighted by Crippen LogP contribution is -2.49. The van der Waals surface area contributed by atoms with Crippen LogP contribution in [-0.2, 0) is 4.79 Å². The zero-order valence-electron chi connectivity index (χ0n) is 19.0. The van der Waals surface area contributed by atoms with E-state index >= 15 is 0 Å². The van der Waals surface area contributed by atoms with Crippen molar-refractivity contribution in [2.75, 3.05) is 0 Å². The maximum atomic E-state index is 12.0. The van der Waals surface area contributed by atoms with E-state index < -0.39 is 0 Å². The molecule has 0 spiro atoms. The topological polar surface area (TPSA) is 17.1 Å². The normalized spacial score (nSPS) is 43.4. The van der Waals surface area contributed by atoms with Crippen LogP contribution in [0.15, 0.2) is 23.8 Å². The summed E-state index contributed by atoms with van der Waals surface area (Å²) in [5, 5.41) is 0. The van der Waals surface area contributed by atoms with Crippen LogP contribution < -0.4 is 0 Å². The first-order valence-corrected chi connectivity index (χ1v) is 12.2. The third-order valence-electron chi connectivity index (χ3n) is 9.72. The van der Waals surface area contributed by atoms with Crippen molar-refractivity contribution in [1.82, 2.24) is 0 Å². The molecule has 0 amide bonds. The molecule has 156 valence electrons. The van der Waals surface area contributed by atoms with Gasteiger partial charge in [0.05, 0.1) is 0 Å². The molecule has 0 aromatic rings. The van der Waals surface area contributed by atoms with E-state index in [4.69, 9.17) is 0 Å². The van der Waals surface area contributed by atoms with Crippen molar-refractivity contribution < 1.29 is 4.79 Å². The number of ketones is 1. The van der Waals surface area contributed by atoms with Gasteiger partial charge in [-0.25, -0.2) is 0 Å². The van der Waals surface area contributed by atoms with Crippen LogP contribution in [0.5, 0.6) is 0 Å². The SMILES string of the molecule is CC(C)CCC[C@@H](C)[C@H]1CC[C@H]2[C@@H]3C=CC4=CC(=O)CC[C@]4(C)[C@H]3CC[C@]12C. The third kappa shape index (κ3) is 3.25. The van der Waals surface area contributed by atoms with Gasteiger partial charge in [-0.05, 0) is 90.1 Å². The first kappa shape index (κ1) is 20.4. The number of allylic oxidation sites excluding steroid dienone is 4. The largest absolute Gasteiger partial charge is 0.295 e. The van der Waals surface area contributed by atoms with E-state index in [1.54, 1.807) is 0 Å². The molecule has 2 fully saturated rings. The van der Waals surface area contributed by atoms with E-state index in [1.807, 2.05) is 6.08 Å². The highest BCUT2D eigenvalue weighted by molar-refractivity contribution is 5.92. The second-order valence-corrected chi connectivity index (χ2v) is 11.7. The summed E-state index contributed by atoms with van der Waals surface area (Å²) in [5.41, 5.74) is 2.12. The summed E-state index contributed by atoms with van der Waals surface area (Å²) >= 11 is 0. The second kappa shape index (κ2) is 7.44. The van der Waals surface area contributed by atoms with Crippen LogP contribution in [0, 0.1) is 46.3 Å². The van der Waals surface area contributed by atoms with E-state index in [9.17, 15) is 4.79 Å². The Labute approximate surface area is 173 Å². The predicted octanol–water partition coefficient (Wildman–Crippen LogP) is 7.37. The fraction of sp³-hybridized carbons (Fsp3) is 0.815. The molecule has 1 nitrogen and oxygen atoms in total. The van der Waals surface area contributed by atoms with Crippen molar-refractivity contribution in [3.8, 4) is 0 Å². The molecule has 4 rings (SSSR count). The maximum absolute atomic E-state index is 12.0. The van der Waals surface area contributed by atoms with Gasteiger partial charge in [-0.2, -0.15) is 0 Å². The number of hydrogen-bond donors (Lipinski definition) is 0. The molecule has 28 heavy (non-hydrogen) atoms. The number of carbonyl (C=O) groups excluding carboxylic acids is 1. The number of hydrogen-bond acceptors (Lipinski definition) is 1. The van der Waals surface area contributed by atoms with Gasteiger partial charge in [-0.3, -0.25) is 4.79 Å². The minimum absolute atomic E-state index is 0.246. The fourth-order valence-corrected chi connectivity index (χ4v) is 8.02. The molecule has 2 saturated carbocycles. The molecule has 0 aliphatic heterocycles. The highest BCUT2D eigenvalue weighted by Crippen LogP contribution is 2.66. The quantitative estimate of drug-likeness (QED) is 0.485. The zero-order valence-corrected chi connectivity index (χ0v) is 19.0. The van der Waals surface area contributed by atoms with Crippen LogP contribution in [0.3, 0.4) is 0 Å². The monoisotopic (exact) mass is 382 g/mol. The Hall–Kier alpha value is -0.850. The highest BCUT2D eigenvalue weighted by Gasteiger charge is 2.58. The molecule has 0 saturated heterocycles. The van der Waals surface area contributed by atoms with Gasteiger partial charge in [0.25, 0.3) is 0 Å².